The molecule has 1 heterocycles. The fourth-order valence-electron chi connectivity index (χ4n) is 2.26. The van der Waals surface area contributed by atoms with E-state index >= 15 is 0 Å². The Morgan fingerprint density at radius 1 is 1.37 bits per heavy atom. The first kappa shape index (κ1) is 16.0. The topological polar surface area (TPSA) is 72.6 Å². The third-order valence-corrected chi connectivity index (χ3v) is 3.38. The molecule has 1 fully saturated rings. The van der Waals surface area contributed by atoms with Crippen molar-refractivity contribution in [2.24, 2.45) is 11.7 Å². The first-order chi connectivity index (χ1) is 8.99. The summed E-state index contributed by atoms with van der Waals surface area (Å²) in [4.78, 5) is 24.4. The highest BCUT2D eigenvalue weighted by Crippen LogP contribution is 2.15. The fourth-order valence-corrected chi connectivity index (χ4v) is 2.26. The Morgan fingerprint density at radius 2 is 2.11 bits per heavy atom. The van der Waals surface area contributed by atoms with Crippen molar-refractivity contribution >= 4 is 11.8 Å². The van der Waals surface area contributed by atoms with E-state index < -0.39 is 5.91 Å². The Kier molecular flexibility index (Phi) is 6.84. The number of rotatable bonds is 7. The summed E-state index contributed by atoms with van der Waals surface area (Å²) in [5.41, 5.74) is 5.06. The van der Waals surface area contributed by atoms with Crippen LogP contribution in [0.4, 0.5) is 0 Å². The smallest absolute Gasteiger partial charge is 0.223 e. The third kappa shape index (κ3) is 6.57. The number of morpholine rings is 1. The molecule has 0 saturated carbocycles. The van der Waals surface area contributed by atoms with Crippen molar-refractivity contribution in [1.82, 2.24) is 4.90 Å². The molecule has 110 valence electrons. The van der Waals surface area contributed by atoms with Crippen molar-refractivity contribution in [3.05, 3.63) is 0 Å². The van der Waals surface area contributed by atoms with Gasteiger partial charge in [-0.05, 0) is 12.3 Å². The van der Waals surface area contributed by atoms with Crippen LogP contribution in [0.2, 0.25) is 0 Å². The van der Waals surface area contributed by atoms with E-state index in [4.69, 9.17) is 10.5 Å². The zero-order valence-corrected chi connectivity index (χ0v) is 12.1. The van der Waals surface area contributed by atoms with Crippen molar-refractivity contribution in [2.45, 2.75) is 52.1 Å². The molecule has 5 nitrogen and oxygen atoms in total. The van der Waals surface area contributed by atoms with Gasteiger partial charge in [-0.3, -0.25) is 9.59 Å². The van der Waals surface area contributed by atoms with Gasteiger partial charge in [0.05, 0.1) is 12.7 Å². The van der Waals surface area contributed by atoms with Gasteiger partial charge in [0.2, 0.25) is 11.8 Å². The molecule has 5 heteroatoms. The highest BCUT2D eigenvalue weighted by Gasteiger charge is 2.23. The Labute approximate surface area is 115 Å². The predicted octanol–water partition coefficient (Wildman–Crippen LogP) is 1.31. The standard InChI is InChI=1S/C14H26N2O3/c1-11(2)4-3-5-12-10-16(8-9-19-12)14(18)7-6-13(15)17/h11-12H,3-10H2,1-2H3,(H2,15,17)/t12-/m0/s1. The number of hydrogen-bond donors (Lipinski definition) is 1. The normalized spacial score (nSPS) is 19.7. The summed E-state index contributed by atoms with van der Waals surface area (Å²) in [5.74, 6) is 0.294. The molecule has 1 saturated heterocycles. The Morgan fingerprint density at radius 3 is 2.74 bits per heavy atom. The van der Waals surface area contributed by atoms with Crippen LogP contribution in [0.25, 0.3) is 0 Å². The van der Waals surface area contributed by atoms with E-state index in [0.29, 0.717) is 25.6 Å². The van der Waals surface area contributed by atoms with E-state index in [2.05, 4.69) is 13.8 Å². The second-order valence-electron chi connectivity index (χ2n) is 5.62. The number of nitrogens with zero attached hydrogens (tertiary/aromatic N) is 1. The van der Waals surface area contributed by atoms with Crippen LogP contribution >= 0.6 is 0 Å². The number of carbonyl (C=O) groups excluding carboxylic acids is 2. The largest absolute Gasteiger partial charge is 0.375 e. The van der Waals surface area contributed by atoms with Crippen LogP contribution in [0, 0.1) is 5.92 Å². The maximum atomic E-state index is 11.9. The van der Waals surface area contributed by atoms with Crippen molar-refractivity contribution in [2.75, 3.05) is 19.7 Å². The van der Waals surface area contributed by atoms with Crippen LogP contribution in [0.3, 0.4) is 0 Å². The summed E-state index contributed by atoms with van der Waals surface area (Å²) in [6.07, 6.45) is 3.81. The lowest BCUT2D eigenvalue weighted by Crippen LogP contribution is -2.45. The fraction of sp³-hybridized carbons (Fsp3) is 0.857. The molecule has 0 radical (unpaired) electrons. The molecule has 0 aliphatic carbocycles. The maximum absolute atomic E-state index is 11.9. The van der Waals surface area contributed by atoms with Gasteiger partial charge in [-0.2, -0.15) is 0 Å². The Hall–Kier alpha value is -1.10. The first-order valence-corrected chi connectivity index (χ1v) is 7.16. The highest BCUT2D eigenvalue weighted by atomic mass is 16.5. The molecule has 2 amide bonds. The van der Waals surface area contributed by atoms with E-state index in [9.17, 15) is 9.59 Å². The predicted molar refractivity (Wildman–Crippen MR) is 73.4 cm³/mol. The molecule has 2 N–H and O–H groups in total. The number of primary amides is 1. The molecular formula is C14H26N2O3. The average molecular weight is 270 g/mol. The van der Waals surface area contributed by atoms with E-state index in [1.54, 1.807) is 4.90 Å². The van der Waals surface area contributed by atoms with E-state index in [0.717, 1.165) is 12.8 Å². The zero-order chi connectivity index (χ0) is 14.3. The molecule has 1 rings (SSSR count). The van der Waals surface area contributed by atoms with Gasteiger partial charge in [0.1, 0.15) is 0 Å². The van der Waals surface area contributed by atoms with Crippen LogP contribution in [-0.4, -0.2) is 42.5 Å². The quantitative estimate of drug-likeness (QED) is 0.758. The lowest BCUT2D eigenvalue weighted by atomic mass is 10.0. The van der Waals surface area contributed by atoms with Crippen molar-refractivity contribution in [3.8, 4) is 0 Å². The molecule has 0 aromatic heterocycles. The van der Waals surface area contributed by atoms with Gasteiger partial charge in [-0.25, -0.2) is 0 Å². The molecule has 1 aliphatic rings. The molecule has 1 aliphatic heterocycles. The van der Waals surface area contributed by atoms with Gasteiger partial charge in [-0.15, -0.1) is 0 Å². The van der Waals surface area contributed by atoms with Crippen LogP contribution in [0.5, 0.6) is 0 Å². The highest BCUT2D eigenvalue weighted by molar-refractivity contribution is 5.82. The van der Waals surface area contributed by atoms with Crippen LogP contribution in [-0.2, 0) is 14.3 Å². The zero-order valence-electron chi connectivity index (χ0n) is 12.1. The second kappa shape index (κ2) is 8.15. The summed E-state index contributed by atoms with van der Waals surface area (Å²) in [6, 6.07) is 0. The van der Waals surface area contributed by atoms with Crippen LogP contribution in [0.1, 0.15) is 46.0 Å². The SMILES string of the molecule is CC(C)CCC[C@H]1CN(C(=O)CCC(N)=O)CCO1. The molecule has 1 atom stereocenters. The van der Waals surface area contributed by atoms with Gasteiger partial charge in [0.25, 0.3) is 0 Å². The summed E-state index contributed by atoms with van der Waals surface area (Å²) in [6.45, 7) is 6.28. The summed E-state index contributed by atoms with van der Waals surface area (Å²) < 4.78 is 5.68. The lowest BCUT2D eigenvalue weighted by Gasteiger charge is -2.33. The van der Waals surface area contributed by atoms with Crippen LogP contribution < -0.4 is 5.73 Å². The molecule has 0 aromatic carbocycles. The minimum Gasteiger partial charge on any atom is -0.375 e. The number of carbonyl (C=O) groups is 2. The van der Waals surface area contributed by atoms with Crippen molar-refractivity contribution < 1.29 is 14.3 Å². The number of hydrogen-bond acceptors (Lipinski definition) is 3. The molecule has 0 aromatic rings. The van der Waals surface area contributed by atoms with E-state index in [1.807, 2.05) is 0 Å². The molecule has 0 spiro atoms. The number of ether oxygens (including phenoxy) is 1. The van der Waals surface area contributed by atoms with Gasteiger partial charge in [0.15, 0.2) is 0 Å². The minimum absolute atomic E-state index is 0.0101. The molecule has 0 unspecified atom stereocenters. The lowest BCUT2D eigenvalue weighted by molar-refractivity contribution is -0.140. The minimum atomic E-state index is -0.421. The van der Waals surface area contributed by atoms with E-state index in [-0.39, 0.29) is 24.9 Å². The van der Waals surface area contributed by atoms with Gasteiger partial charge in [0, 0.05) is 25.9 Å². The molecule has 19 heavy (non-hydrogen) atoms. The maximum Gasteiger partial charge on any atom is 0.223 e. The second-order valence-corrected chi connectivity index (χ2v) is 5.62. The average Bonchev–Trinajstić information content (AvgIpc) is 2.36. The first-order valence-electron chi connectivity index (χ1n) is 7.16. The van der Waals surface area contributed by atoms with Gasteiger partial charge in [-0.1, -0.05) is 26.7 Å². The molecular weight excluding hydrogens is 244 g/mol. The Bertz CT molecular complexity index is 305. The number of amides is 2. The van der Waals surface area contributed by atoms with E-state index in [1.165, 1.54) is 6.42 Å². The third-order valence-electron chi connectivity index (χ3n) is 3.38. The van der Waals surface area contributed by atoms with Crippen molar-refractivity contribution in [1.29, 1.82) is 0 Å². The Balaban J connectivity index is 2.28. The number of nitrogens with two attached hydrogens (primary N) is 1. The van der Waals surface area contributed by atoms with Gasteiger partial charge >= 0.3 is 0 Å². The summed E-state index contributed by atoms with van der Waals surface area (Å²) >= 11 is 0. The molecule has 0 bridgehead atoms. The summed E-state index contributed by atoms with van der Waals surface area (Å²) in [5, 5.41) is 0. The van der Waals surface area contributed by atoms with Crippen molar-refractivity contribution in [3.63, 3.8) is 0 Å². The summed E-state index contributed by atoms with van der Waals surface area (Å²) in [7, 11) is 0. The van der Waals surface area contributed by atoms with Crippen LogP contribution in [0.15, 0.2) is 0 Å². The monoisotopic (exact) mass is 270 g/mol. The van der Waals surface area contributed by atoms with Gasteiger partial charge < -0.3 is 15.4 Å².